The summed E-state index contributed by atoms with van der Waals surface area (Å²) < 4.78 is 86.0. The van der Waals surface area contributed by atoms with Crippen LogP contribution in [0.25, 0.3) is 0 Å². The standard InChI is InChI=1S/C14H8BF6O/c1-5-10(18)12(20)9(13(21)11(5)19)15-7-3-6(16)4-8(17)14(7)22-2/h3-4H,1-2H3. The van der Waals surface area contributed by atoms with Crippen LogP contribution in [0.4, 0.5) is 26.3 Å². The summed E-state index contributed by atoms with van der Waals surface area (Å²) in [6.07, 6.45) is 0. The zero-order valence-electron chi connectivity index (χ0n) is 11.4. The lowest BCUT2D eigenvalue weighted by Crippen LogP contribution is -2.36. The van der Waals surface area contributed by atoms with Gasteiger partial charge in [0, 0.05) is 11.6 Å². The summed E-state index contributed by atoms with van der Waals surface area (Å²) in [4.78, 5) is 0. The number of hydrogen-bond acceptors (Lipinski definition) is 1. The van der Waals surface area contributed by atoms with E-state index in [4.69, 9.17) is 0 Å². The number of benzene rings is 2. The van der Waals surface area contributed by atoms with Crippen molar-refractivity contribution in [2.24, 2.45) is 0 Å². The van der Waals surface area contributed by atoms with Crippen molar-refractivity contribution in [3.05, 3.63) is 52.6 Å². The molecule has 2 rings (SSSR count). The molecule has 0 aliphatic carbocycles. The van der Waals surface area contributed by atoms with Gasteiger partial charge in [-0.25, -0.2) is 26.3 Å². The van der Waals surface area contributed by atoms with E-state index in [2.05, 4.69) is 4.74 Å². The minimum Gasteiger partial charge on any atom is -0.494 e. The Bertz CT molecular complexity index is 718. The van der Waals surface area contributed by atoms with Crippen molar-refractivity contribution in [1.82, 2.24) is 0 Å². The summed E-state index contributed by atoms with van der Waals surface area (Å²) in [6.45, 7) is 0.864. The summed E-state index contributed by atoms with van der Waals surface area (Å²) >= 11 is 0. The van der Waals surface area contributed by atoms with Gasteiger partial charge in [0.2, 0.25) is 7.28 Å². The number of hydrogen-bond donors (Lipinski definition) is 0. The first kappa shape index (κ1) is 16.3. The van der Waals surface area contributed by atoms with Crippen molar-refractivity contribution in [2.45, 2.75) is 6.92 Å². The lowest BCUT2D eigenvalue weighted by molar-refractivity contribution is 0.388. The number of methoxy groups -OCH3 is 1. The summed E-state index contributed by atoms with van der Waals surface area (Å²) in [6, 6.07) is 1.22. The summed E-state index contributed by atoms with van der Waals surface area (Å²) in [7, 11) is 1.62. The maximum atomic E-state index is 13.8. The monoisotopic (exact) mass is 317 g/mol. The van der Waals surface area contributed by atoms with E-state index in [1.54, 1.807) is 0 Å². The van der Waals surface area contributed by atoms with Crippen molar-refractivity contribution in [1.29, 1.82) is 0 Å². The van der Waals surface area contributed by atoms with Crippen LogP contribution in [0.3, 0.4) is 0 Å². The largest absolute Gasteiger partial charge is 0.494 e. The number of rotatable bonds is 3. The molecule has 0 atom stereocenters. The van der Waals surface area contributed by atoms with E-state index in [-0.39, 0.29) is 0 Å². The molecule has 0 saturated heterocycles. The maximum absolute atomic E-state index is 13.8. The molecule has 0 aliphatic heterocycles. The minimum absolute atomic E-state index is 0.402. The predicted octanol–water partition coefficient (Wildman–Crippen LogP) is 2.49. The molecule has 2 aromatic carbocycles. The first-order valence-corrected chi connectivity index (χ1v) is 5.98. The summed E-state index contributed by atoms with van der Waals surface area (Å²) in [5, 5.41) is 0. The average Bonchev–Trinajstić information content (AvgIpc) is 2.47. The van der Waals surface area contributed by atoms with E-state index in [9.17, 15) is 26.3 Å². The Kier molecular flexibility index (Phi) is 4.39. The van der Waals surface area contributed by atoms with Crippen LogP contribution in [0, 0.1) is 41.8 Å². The summed E-state index contributed by atoms with van der Waals surface area (Å²) in [5.74, 6) is -9.17. The molecule has 0 bridgehead atoms. The Labute approximate surface area is 122 Å². The molecule has 0 N–H and O–H groups in total. The molecule has 0 unspecified atom stereocenters. The van der Waals surface area contributed by atoms with E-state index in [1.807, 2.05) is 0 Å². The van der Waals surface area contributed by atoms with Gasteiger partial charge in [0.15, 0.2) is 29.1 Å². The molecule has 0 amide bonds. The molecule has 0 fully saturated rings. The molecule has 1 radical (unpaired) electrons. The van der Waals surface area contributed by atoms with Crippen molar-refractivity contribution in [3.63, 3.8) is 0 Å². The second kappa shape index (κ2) is 5.94. The van der Waals surface area contributed by atoms with Crippen LogP contribution < -0.4 is 15.7 Å². The highest BCUT2D eigenvalue weighted by Crippen LogP contribution is 2.18. The average molecular weight is 317 g/mol. The Hall–Kier alpha value is -2.12. The SMILES string of the molecule is COc1c(F)cc(F)cc1[B]c1c(F)c(F)c(C)c(F)c1F. The smallest absolute Gasteiger partial charge is 0.204 e. The normalized spacial score (nSPS) is 10.7. The molecule has 0 aromatic heterocycles. The van der Waals surface area contributed by atoms with Crippen LogP contribution >= 0.6 is 0 Å². The van der Waals surface area contributed by atoms with Gasteiger partial charge in [0.25, 0.3) is 0 Å². The third kappa shape index (κ3) is 2.65. The zero-order chi connectivity index (χ0) is 16.6. The lowest BCUT2D eigenvalue weighted by Gasteiger charge is -2.12. The first-order valence-electron chi connectivity index (χ1n) is 5.98. The summed E-state index contributed by atoms with van der Waals surface area (Å²) in [5.41, 5.74) is -2.33. The molecular weight excluding hydrogens is 309 g/mol. The third-order valence-electron chi connectivity index (χ3n) is 3.06. The van der Waals surface area contributed by atoms with Gasteiger partial charge < -0.3 is 4.74 Å². The molecular formula is C14H8BF6O. The molecule has 0 saturated carbocycles. The molecule has 22 heavy (non-hydrogen) atoms. The van der Waals surface area contributed by atoms with Crippen molar-refractivity contribution < 1.29 is 31.1 Å². The lowest BCUT2D eigenvalue weighted by atomic mass is 9.62. The fourth-order valence-electron chi connectivity index (χ4n) is 1.94. The predicted molar refractivity (Wildman–Crippen MR) is 68.9 cm³/mol. The van der Waals surface area contributed by atoms with Gasteiger partial charge in [-0.05, 0) is 23.9 Å². The van der Waals surface area contributed by atoms with E-state index < -0.39 is 57.1 Å². The zero-order valence-corrected chi connectivity index (χ0v) is 11.4. The first-order chi connectivity index (χ1) is 10.3. The fraction of sp³-hybridized carbons (Fsp3) is 0.143. The Balaban J connectivity index is 2.62. The van der Waals surface area contributed by atoms with Crippen LogP contribution in [-0.2, 0) is 0 Å². The molecule has 0 aliphatic rings. The Morgan fingerprint density at radius 2 is 1.41 bits per heavy atom. The van der Waals surface area contributed by atoms with Crippen LogP contribution in [0.15, 0.2) is 12.1 Å². The third-order valence-corrected chi connectivity index (χ3v) is 3.06. The number of halogens is 6. The van der Waals surface area contributed by atoms with E-state index in [0.717, 1.165) is 20.1 Å². The Morgan fingerprint density at radius 1 is 0.864 bits per heavy atom. The molecule has 2 aromatic rings. The Morgan fingerprint density at radius 3 is 1.91 bits per heavy atom. The van der Waals surface area contributed by atoms with Crippen LogP contribution in [0.2, 0.25) is 0 Å². The fourth-order valence-corrected chi connectivity index (χ4v) is 1.94. The highest BCUT2D eigenvalue weighted by Gasteiger charge is 2.25. The van der Waals surface area contributed by atoms with Gasteiger partial charge in [-0.2, -0.15) is 0 Å². The van der Waals surface area contributed by atoms with Gasteiger partial charge in [0.05, 0.1) is 7.11 Å². The number of ether oxygens (including phenoxy) is 1. The molecule has 8 heteroatoms. The molecule has 115 valence electrons. The maximum Gasteiger partial charge on any atom is 0.204 e. The van der Waals surface area contributed by atoms with Crippen LogP contribution in [-0.4, -0.2) is 14.4 Å². The second-order valence-corrected chi connectivity index (χ2v) is 4.45. The quantitative estimate of drug-likeness (QED) is 0.480. The topological polar surface area (TPSA) is 9.23 Å². The van der Waals surface area contributed by atoms with Gasteiger partial charge >= 0.3 is 0 Å². The minimum atomic E-state index is -1.66. The molecule has 0 spiro atoms. The highest BCUT2D eigenvalue weighted by atomic mass is 19.2. The van der Waals surface area contributed by atoms with Gasteiger partial charge in [-0.15, -0.1) is 0 Å². The second-order valence-electron chi connectivity index (χ2n) is 4.45. The van der Waals surface area contributed by atoms with Gasteiger partial charge in [-0.1, -0.05) is 0 Å². The van der Waals surface area contributed by atoms with Crippen molar-refractivity contribution in [3.8, 4) is 5.75 Å². The van der Waals surface area contributed by atoms with Crippen molar-refractivity contribution in [2.75, 3.05) is 7.11 Å². The van der Waals surface area contributed by atoms with Gasteiger partial charge in [-0.3, -0.25) is 0 Å². The van der Waals surface area contributed by atoms with Crippen LogP contribution in [0.1, 0.15) is 5.56 Å². The van der Waals surface area contributed by atoms with Crippen molar-refractivity contribution >= 4 is 18.2 Å². The van der Waals surface area contributed by atoms with Crippen LogP contribution in [0.5, 0.6) is 5.75 Å². The van der Waals surface area contributed by atoms with E-state index in [1.165, 1.54) is 0 Å². The van der Waals surface area contributed by atoms with Gasteiger partial charge in [0.1, 0.15) is 11.6 Å². The van der Waals surface area contributed by atoms with E-state index >= 15 is 0 Å². The highest BCUT2D eigenvalue weighted by molar-refractivity contribution is 6.68. The molecule has 0 heterocycles. The van der Waals surface area contributed by atoms with E-state index in [0.29, 0.717) is 13.3 Å². The molecule has 1 nitrogen and oxygen atoms in total.